The number of carbonyl (C=O) groups excluding carboxylic acids is 2. The van der Waals surface area contributed by atoms with Gasteiger partial charge in [0.05, 0.1) is 30.5 Å². The predicted octanol–water partition coefficient (Wildman–Crippen LogP) is 7.69. The molecule has 5 aromatic rings. The summed E-state index contributed by atoms with van der Waals surface area (Å²) in [7, 11) is 0. The van der Waals surface area contributed by atoms with Crippen LogP contribution < -0.4 is 14.4 Å². The second-order valence-corrected chi connectivity index (χ2v) is 13.6. The molecule has 12 heteroatoms. The number of benzene rings is 2. The minimum Gasteiger partial charge on any atom is -0.505 e. The number of pyridine rings is 1. The molecule has 0 saturated carbocycles. The number of aliphatic hydroxyl groups excluding tert-OH is 1. The zero-order valence-corrected chi connectivity index (χ0v) is 28.9. The molecular weight excluding hydrogens is 647 g/mol. The van der Waals surface area contributed by atoms with Gasteiger partial charge in [0.15, 0.2) is 21.6 Å². The first-order valence-electron chi connectivity index (χ1n) is 16.0. The zero-order valence-electron chi connectivity index (χ0n) is 27.3. The molecule has 2 aromatic carbocycles. The fourth-order valence-electron chi connectivity index (χ4n) is 5.68. The Hall–Kier alpha value is -4.68. The van der Waals surface area contributed by atoms with Gasteiger partial charge in [0.2, 0.25) is 5.13 Å². The second-order valence-electron chi connectivity index (χ2n) is 11.5. The van der Waals surface area contributed by atoms with E-state index >= 15 is 0 Å². The summed E-state index contributed by atoms with van der Waals surface area (Å²) in [5.41, 5.74) is 4.24. The van der Waals surface area contributed by atoms with E-state index in [1.54, 1.807) is 35.7 Å². The first-order valence-corrected chi connectivity index (χ1v) is 17.8. The molecule has 0 spiro atoms. The monoisotopic (exact) mass is 683 g/mol. The van der Waals surface area contributed by atoms with E-state index < -0.39 is 17.7 Å². The summed E-state index contributed by atoms with van der Waals surface area (Å²) in [6, 6.07) is 18.1. The number of thioether (sulfide) groups is 1. The fraction of sp³-hybridized carbons (Fsp3) is 0.306. The number of Topliss-reactive ketones (excluding diaryl/α,β-unsaturated/α-hetero) is 1. The number of anilines is 1. The third-order valence-electron chi connectivity index (χ3n) is 8.05. The summed E-state index contributed by atoms with van der Waals surface area (Å²) in [6.07, 6.45) is 4.79. The topological polar surface area (TPSA) is 119 Å². The number of amides is 1. The van der Waals surface area contributed by atoms with Crippen molar-refractivity contribution >= 4 is 51.3 Å². The number of carbonyl (C=O) groups is 2. The van der Waals surface area contributed by atoms with Gasteiger partial charge >= 0.3 is 5.91 Å². The normalized spacial score (nSPS) is 15.8. The second kappa shape index (κ2) is 14.6. The van der Waals surface area contributed by atoms with Crippen LogP contribution in [0.15, 0.2) is 76.8 Å². The van der Waals surface area contributed by atoms with Crippen molar-refractivity contribution in [1.29, 1.82) is 0 Å². The van der Waals surface area contributed by atoms with Crippen LogP contribution in [-0.4, -0.2) is 49.6 Å². The van der Waals surface area contributed by atoms with E-state index in [4.69, 9.17) is 9.47 Å². The van der Waals surface area contributed by atoms with Gasteiger partial charge in [-0.05, 0) is 62.6 Å². The number of aliphatic hydroxyl groups is 1. The third-order valence-corrected chi connectivity index (χ3v) is 10.2. The van der Waals surface area contributed by atoms with Gasteiger partial charge in [0.1, 0.15) is 11.3 Å². The summed E-state index contributed by atoms with van der Waals surface area (Å²) >= 11 is 2.72. The molecule has 4 heterocycles. The third kappa shape index (κ3) is 6.67. The van der Waals surface area contributed by atoms with Gasteiger partial charge in [-0.1, -0.05) is 84.8 Å². The largest absolute Gasteiger partial charge is 0.505 e. The molecule has 1 aliphatic heterocycles. The van der Waals surface area contributed by atoms with Crippen molar-refractivity contribution in [3.63, 3.8) is 0 Å². The molecule has 0 aliphatic carbocycles. The minimum atomic E-state index is -1.02. The number of nitrogens with zero attached hydrogens (tertiary/aromatic N) is 5. The van der Waals surface area contributed by atoms with Crippen LogP contribution in [0.2, 0.25) is 0 Å². The van der Waals surface area contributed by atoms with E-state index in [9.17, 15) is 14.7 Å². The Morgan fingerprint density at radius 2 is 1.79 bits per heavy atom. The average molecular weight is 684 g/mol. The lowest BCUT2D eigenvalue weighted by Gasteiger charge is -2.23. The van der Waals surface area contributed by atoms with E-state index in [2.05, 4.69) is 46.4 Å². The molecule has 6 rings (SSSR count). The van der Waals surface area contributed by atoms with Gasteiger partial charge in [0, 0.05) is 11.9 Å². The minimum absolute atomic E-state index is 0.0723. The van der Waals surface area contributed by atoms with E-state index in [-0.39, 0.29) is 16.5 Å². The van der Waals surface area contributed by atoms with Gasteiger partial charge < -0.3 is 14.6 Å². The van der Waals surface area contributed by atoms with Crippen LogP contribution in [0.1, 0.15) is 67.2 Å². The quantitative estimate of drug-likeness (QED) is 0.0333. The summed E-state index contributed by atoms with van der Waals surface area (Å²) in [5, 5.41) is 20.9. The van der Waals surface area contributed by atoms with Crippen LogP contribution in [0.25, 0.3) is 11.4 Å². The number of fused-ring (bicyclic) bond motifs is 1. The summed E-state index contributed by atoms with van der Waals surface area (Å²) in [4.78, 5) is 33.7. The van der Waals surface area contributed by atoms with Gasteiger partial charge in [-0.15, -0.1) is 10.2 Å². The predicted molar refractivity (Wildman–Crippen MR) is 188 cm³/mol. The van der Waals surface area contributed by atoms with E-state index in [1.165, 1.54) is 33.6 Å². The molecule has 10 nitrogen and oxygen atoms in total. The lowest BCUT2D eigenvalue weighted by atomic mass is 9.96. The summed E-state index contributed by atoms with van der Waals surface area (Å²) in [6.45, 7) is 8.73. The Bertz CT molecular complexity index is 1980. The number of hydrogen-bond acceptors (Lipinski definition) is 10. The molecule has 1 fully saturated rings. The Balaban J connectivity index is 1.44. The Kier molecular flexibility index (Phi) is 10.1. The average Bonchev–Trinajstić information content (AvgIpc) is 3.76. The number of ether oxygens (including phenoxy) is 2. The molecule has 1 N–H and O–H groups in total. The van der Waals surface area contributed by atoms with Crippen molar-refractivity contribution < 1.29 is 24.2 Å². The first kappa shape index (κ1) is 33.2. The maximum atomic E-state index is 13.9. The van der Waals surface area contributed by atoms with Crippen LogP contribution >= 0.6 is 23.1 Å². The molecule has 0 radical (unpaired) electrons. The van der Waals surface area contributed by atoms with E-state index in [0.29, 0.717) is 57.4 Å². The van der Waals surface area contributed by atoms with Crippen LogP contribution in [0.5, 0.6) is 11.5 Å². The van der Waals surface area contributed by atoms with Crippen molar-refractivity contribution in [3.05, 3.63) is 101 Å². The van der Waals surface area contributed by atoms with Crippen molar-refractivity contribution in [2.24, 2.45) is 0 Å². The highest BCUT2D eigenvalue weighted by atomic mass is 32.2. The SMILES string of the molecule is CCCCCOc1ccc(C2/C(=C(\O)c3c(C)nc4ccccn34)C(=O)C(=O)N2c2nnc(SCc3ccc(C)cc3)s2)cc1OCC. The van der Waals surface area contributed by atoms with Gasteiger partial charge in [0.25, 0.3) is 5.78 Å². The molecular formula is C36H37N5O5S2. The van der Waals surface area contributed by atoms with Crippen LogP contribution in [0.4, 0.5) is 5.13 Å². The van der Waals surface area contributed by atoms with Crippen molar-refractivity contribution in [1.82, 2.24) is 19.6 Å². The molecule has 1 atom stereocenters. The molecule has 48 heavy (non-hydrogen) atoms. The Morgan fingerprint density at radius 3 is 2.56 bits per heavy atom. The number of unbranched alkanes of at least 4 members (excludes halogenated alkanes) is 2. The summed E-state index contributed by atoms with van der Waals surface area (Å²) < 4.78 is 14.4. The molecule has 1 unspecified atom stereocenters. The maximum Gasteiger partial charge on any atom is 0.301 e. The summed E-state index contributed by atoms with van der Waals surface area (Å²) in [5.74, 6) is -0.246. The number of ketones is 1. The van der Waals surface area contributed by atoms with Crippen molar-refractivity contribution in [3.8, 4) is 11.5 Å². The Morgan fingerprint density at radius 1 is 0.979 bits per heavy atom. The van der Waals surface area contributed by atoms with Gasteiger partial charge in [-0.3, -0.25) is 18.9 Å². The fourth-order valence-corrected chi connectivity index (χ4v) is 7.50. The number of aromatic nitrogens is 4. The van der Waals surface area contributed by atoms with Crippen LogP contribution in [0.3, 0.4) is 0 Å². The van der Waals surface area contributed by atoms with Crippen LogP contribution in [0, 0.1) is 13.8 Å². The smallest absolute Gasteiger partial charge is 0.301 e. The zero-order chi connectivity index (χ0) is 33.8. The number of hydrogen-bond donors (Lipinski definition) is 1. The highest BCUT2D eigenvalue weighted by molar-refractivity contribution is 8.00. The van der Waals surface area contributed by atoms with Gasteiger partial charge in [-0.2, -0.15) is 0 Å². The highest BCUT2D eigenvalue weighted by Crippen LogP contribution is 2.46. The molecule has 248 valence electrons. The molecule has 1 saturated heterocycles. The number of imidazole rings is 1. The van der Waals surface area contributed by atoms with E-state index in [1.807, 2.05) is 32.0 Å². The molecule has 1 amide bonds. The van der Waals surface area contributed by atoms with Crippen molar-refractivity contribution in [2.45, 2.75) is 63.1 Å². The lowest BCUT2D eigenvalue weighted by molar-refractivity contribution is -0.132. The lowest BCUT2D eigenvalue weighted by Crippen LogP contribution is -2.29. The van der Waals surface area contributed by atoms with Gasteiger partial charge in [-0.25, -0.2) is 4.98 Å². The number of aryl methyl sites for hydroxylation is 2. The molecule has 1 aliphatic rings. The first-order chi connectivity index (χ1) is 23.3. The molecule has 0 bridgehead atoms. The Labute approximate surface area is 287 Å². The molecule has 3 aromatic heterocycles. The van der Waals surface area contributed by atoms with E-state index in [0.717, 1.165) is 24.8 Å². The van der Waals surface area contributed by atoms with Crippen LogP contribution in [-0.2, 0) is 15.3 Å². The standard InChI is InChI=1S/C36H37N5O5S2/c1-5-7-10-19-46-26-17-16-25(20-27(26)45-6-2)31-29(32(42)30-23(4)37-28-11-8-9-18-40(28)30)33(43)34(44)41(31)35-38-39-36(48-35)47-21-24-14-12-22(3)13-15-24/h8-9,11-18,20,31,42H,5-7,10,19,21H2,1-4H3/b32-29+. The number of rotatable bonds is 13. The van der Waals surface area contributed by atoms with Crippen molar-refractivity contribution in [2.75, 3.05) is 18.1 Å². The highest BCUT2D eigenvalue weighted by Gasteiger charge is 2.49. The maximum absolute atomic E-state index is 13.9.